The molecule has 88 valence electrons. The molecule has 0 N–H and O–H groups in total. The van der Waals surface area contributed by atoms with E-state index < -0.39 is 12.2 Å². The summed E-state index contributed by atoms with van der Waals surface area (Å²) in [5.74, 6) is -0.529. The predicted molar refractivity (Wildman–Crippen MR) is 55.1 cm³/mol. The lowest BCUT2D eigenvalue weighted by atomic mass is 9.99. The Morgan fingerprint density at radius 3 is 2.50 bits per heavy atom. The van der Waals surface area contributed by atoms with Crippen LogP contribution in [0, 0.1) is 0 Å². The maximum Gasteiger partial charge on any atom is 0.574 e. The standard InChI is InChI=1S/C11H12F3NO/c1-4-8-5-6-15-10(9(8)7(2)3)16-11(12,13)14/h4-7H,1H2,2-3H3. The van der Waals surface area contributed by atoms with Gasteiger partial charge in [-0.2, -0.15) is 0 Å². The maximum atomic E-state index is 12.1. The van der Waals surface area contributed by atoms with Crippen molar-refractivity contribution in [1.29, 1.82) is 0 Å². The Bertz CT molecular complexity index is 385. The van der Waals surface area contributed by atoms with Gasteiger partial charge in [-0.05, 0) is 17.5 Å². The molecule has 1 heterocycles. The molecule has 5 heteroatoms. The van der Waals surface area contributed by atoms with Gasteiger partial charge < -0.3 is 4.74 Å². The quantitative estimate of drug-likeness (QED) is 0.790. The average molecular weight is 231 g/mol. The third kappa shape index (κ3) is 2.98. The van der Waals surface area contributed by atoms with Crippen LogP contribution in [0.1, 0.15) is 30.9 Å². The molecular formula is C11H12F3NO. The second-order valence-electron chi connectivity index (χ2n) is 3.53. The topological polar surface area (TPSA) is 22.1 Å². The first-order valence-electron chi connectivity index (χ1n) is 4.72. The van der Waals surface area contributed by atoms with Crippen molar-refractivity contribution < 1.29 is 17.9 Å². The van der Waals surface area contributed by atoms with E-state index in [-0.39, 0.29) is 5.92 Å². The third-order valence-electron chi connectivity index (χ3n) is 2.00. The SMILES string of the molecule is C=Cc1ccnc(OC(F)(F)F)c1C(C)C. The summed E-state index contributed by atoms with van der Waals surface area (Å²) in [7, 11) is 0. The van der Waals surface area contributed by atoms with Crippen LogP contribution in [0.5, 0.6) is 5.88 Å². The molecular weight excluding hydrogens is 219 g/mol. The van der Waals surface area contributed by atoms with Crippen LogP contribution in [0.2, 0.25) is 0 Å². The summed E-state index contributed by atoms with van der Waals surface area (Å²) in [6.45, 7) is 7.09. The number of aromatic nitrogens is 1. The molecule has 0 aliphatic carbocycles. The van der Waals surface area contributed by atoms with E-state index in [9.17, 15) is 13.2 Å². The molecule has 0 amide bonds. The summed E-state index contributed by atoms with van der Waals surface area (Å²) in [6, 6.07) is 1.60. The van der Waals surface area contributed by atoms with Crippen molar-refractivity contribution in [3.8, 4) is 5.88 Å². The molecule has 0 aliphatic rings. The van der Waals surface area contributed by atoms with Crippen LogP contribution in [0.15, 0.2) is 18.8 Å². The molecule has 1 rings (SSSR count). The van der Waals surface area contributed by atoms with Gasteiger partial charge in [-0.1, -0.05) is 26.5 Å². The lowest BCUT2D eigenvalue weighted by Gasteiger charge is -2.16. The Balaban J connectivity index is 3.22. The first-order valence-corrected chi connectivity index (χ1v) is 4.72. The normalized spacial score (nSPS) is 11.6. The van der Waals surface area contributed by atoms with Gasteiger partial charge in [0.05, 0.1) is 0 Å². The van der Waals surface area contributed by atoms with E-state index in [1.807, 2.05) is 0 Å². The molecule has 2 nitrogen and oxygen atoms in total. The molecule has 0 aliphatic heterocycles. The van der Waals surface area contributed by atoms with E-state index in [1.54, 1.807) is 19.9 Å². The van der Waals surface area contributed by atoms with Crippen LogP contribution in [0.3, 0.4) is 0 Å². The average Bonchev–Trinajstić information content (AvgIpc) is 2.14. The molecule has 0 aromatic carbocycles. The highest BCUT2D eigenvalue weighted by atomic mass is 19.4. The monoisotopic (exact) mass is 231 g/mol. The van der Waals surface area contributed by atoms with E-state index in [0.29, 0.717) is 11.1 Å². The number of halogens is 3. The molecule has 0 bridgehead atoms. The van der Waals surface area contributed by atoms with Crippen LogP contribution in [-0.4, -0.2) is 11.3 Å². The van der Waals surface area contributed by atoms with E-state index >= 15 is 0 Å². The number of hydrogen-bond acceptors (Lipinski definition) is 2. The fourth-order valence-electron chi connectivity index (χ4n) is 1.42. The van der Waals surface area contributed by atoms with Gasteiger partial charge in [0.15, 0.2) is 0 Å². The fourth-order valence-corrected chi connectivity index (χ4v) is 1.42. The minimum Gasteiger partial charge on any atom is -0.388 e. The van der Waals surface area contributed by atoms with Gasteiger partial charge in [-0.3, -0.25) is 0 Å². The Morgan fingerprint density at radius 2 is 2.06 bits per heavy atom. The van der Waals surface area contributed by atoms with Gasteiger partial charge in [-0.15, -0.1) is 13.2 Å². The van der Waals surface area contributed by atoms with E-state index in [0.717, 1.165) is 0 Å². The summed E-state index contributed by atoms with van der Waals surface area (Å²) < 4.78 is 40.3. The Hall–Kier alpha value is -1.52. The molecule has 16 heavy (non-hydrogen) atoms. The summed E-state index contributed by atoms with van der Waals surface area (Å²) in [5, 5.41) is 0. The molecule has 0 atom stereocenters. The molecule has 0 radical (unpaired) electrons. The molecule has 0 saturated heterocycles. The van der Waals surface area contributed by atoms with Crippen LogP contribution in [-0.2, 0) is 0 Å². The van der Waals surface area contributed by atoms with Crippen LogP contribution < -0.4 is 4.74 Å². The second kappa shape index (κ2) is 4.55. The number of alkyl halides is 3. The van der Waals surface area contributed by atoms with Gasteiger partial charge in [-0.25, -0.2) is 4.98 Å². The number of nitrogens with zero attached hydrogens (tertiary/aromatic N) is 1. The lowest BCUT2D eigenvalue weighted by molar-refractivity contribution is -0.276. The van der Waals surface area contributed by atoms with Gasteiger partial charge in [0.2, 0.25) is 5.88 Å². The van der Waals surface area contributed by atoms with Crippen molar-refractivity contribution in [3.05, 3.63) is 30.0 Å². The third-order valence-corrected chi connectivity index (χ3v) is 2.00. The zero-order chi connectivity index (χ0) is 12.3. The second-order valence-corrected chi connectivity index (χ2v) is 3.53. The summed E-state index contributed by atoms with van der Waals surface area (Å²) in [4.78, 5) is 3.60. The lowest BCUT2D eigenvalue weighted by Crippen LogP contribution is -2.19. The smallest absolute Gasteiger partial charge is 0.388 e. The van der Waals surface area contributed by atoms with E-state index in [4.69, 9.17) is 0 Å². The van der Waals surface area contributed by atoms with Crippen LogP contribution in [0.25, 0.3) is 6.08 Å². The highest BCUT2D eigenvalue weighted by Crippen LogP contribution is 2.32. The molecule has 0 saturated carbocycles. The van der Waals surface area contributed by atoms with E-state index in [2.05, 4.69) is 16.3 Å². The first kappa shape index (κ1) is 12.5. The zero-order valence-corrected chi connectivity index (χ0v) is 9.01. The molecule has 1 aromatic rings. The molecule has 1 aromatic heterocycles. The highest BCUT2D eigenvalue weighted by molar-refractivity contribution is 5.55. The highest BCUT2D eigenvalue weighted by Gasteiger charge is 2.33. The van der Waals surface area contributed by atoms with Crippen molar-refractivity contribution in [2.45, 2.75) is 26.1 Å². The Kier molecular flexibility index (Phi) is 3.57. The van der Waals surface area contributed by atoms with Crippen molar-refractivity contribution in [2.75, 3.05) is 0 Å². The molecule has 0 fully saturated rings. The number of ether oxygens (including phenoxy) is 1. The number of pyridine rings is 1. The number of rotatable bonds is 3. The van der Waals surface area contributed by atoms with Crippen LogP contribution >= 0.6 is 0 Å². The van der Waals surface area contributed by atoms with Gasteiger partial charge in [0.1, 0.15) is 0 Å². The van der Waals surface area contributed by atoms with Gasteiger partial charge in [0, 0.05) is 11.8 Å². The summed E-state index contributed by atoms with van der Waals surface area (Å²) in [6.07, 6.45) is -1.97. The number of hydrogen-bond donors (Lipinski definition) is 0. The van der Waals surface area contributed by atoms with Crippen molar-refractivity contribution >= 4 is 6.08 Å². The molecule has 0 spiro atoms. The first-order chi connectivity index (χ1) is 7.35. The predicted octanol–water partition coefficient (Wildman–Crippen LogP) is 3.75. The largest absolute Gasteiger partial charge is 0.574 e. The molecule has 0 unspecified atom stereocenters. The maximum absolute atomic E-state index is 12.1. The van der Waals surface area contributed by atoms with E-state index in [1.165, 1.54) is 12.3 Å². The zero-order valence-electron chi connectivity index (χ0n) is 9.01. The fraction of sp³-hybridized carbons (Fsp3) is 0.364. The summed E-state index contributed by atoms with van der Waals surface area (Å²) >= 11 is 0. The minimum atomic E-state index is -4.73. The Labute approximate surface area is 91.8 Å². The van der Waals surface area contributed by atoms with Crippen molar-refractivity contribution in [2.24, 2.45) is 0 Å². The van der Waals surface area contributed by atoms with Gasteiger partial charge >= 0.3 is 6.36 Å². The Morgan fingerprint density at radius 1 is 1.44 bits per heavy atom. The van der Waals surface area contributed by atoms with Crippen LogP contribution in [0.4, 0.5) is 13.2 Å². The van der Waals surface area contributed by atoms with Crippen molar-refractivity contribution in [1.82, 2.24) is 4.98 Å². The van der Waals surface area contributed by atoms with Crippen molar-refractivity contribution in [3.63, 3.8) is 0 Å². The van der Waals surface area contributed by atoms with Gasteiger partial charge in [0.25, 0.3) is 0 Å². The minimum absolute atomic E-state index is 0.126. The summed E-state index contributed by atoms with van der Waals surface area (Å²) in [5.41, 5.74) is 1.01.